The van der Waals surface area contributed by atoms with Crippen LogP contribution < -0.4 is 15.0 Å². The average molecular weight is 400 g/mol. The Morgan fingerprint density at radius 3 is 2.54 bits per heavy atom. The number of nitrogens with one attached hydrogen (secondary N) is 1. The van der Waals surface area contributed by atoms with Gasteiger partial charge in [-0.2, -0.15) is 0 Å². The van der Waals surface area contributed by atoms with Crippen molar-refractivity contribution in [2.75, 3.05) is 38.3 Å². The maximum atomic E-state index is 5.51. The van der Waals surface area contributed by atoms with E-state index in [9.17, 15) is 0 Å². The van der Waals surface area contributed by atoms with Gasteiger partial charge >= 0.3 is 0 Å². The molecule has 0 saturated carbocycles. The first-order valence-electron chi connectivity index (χ1n) is 9.39. The number of ether oxygens (including phenoxy) is 2. The molecule has 1 saturated heterocycles. The van der Waals surface area contributed by atoms with Gasteiger partial charge in [-0.05, 0) is 18.2 Å². The molecule has 0 radical (unpaired) electrons. The van der Waals surface area contributed by atoms with Crippen LogP contribution in [-0.4, -0.2) is 38.4 Å². The fraction of sp³-hybridized carbons (Fsp3) is 0.318. The summed E-state index contributed by atoms with van der Waals surface area (Å²) in [4.78, 5) is 7.29. The van der Waals surface area contributed by atoms with Crippen molar-refractivity contribution in [3.05, 3.63) is 65.7 Å². The van der Waals surface area contributed by atoms with E-state index in [4.69, 9.17) is 14.5 Å². The van der Waals surface area contributed by atoms with Gasteiger partial charge in [-0.3, -0.25) is 0 Å². The summed E-state index contributed by atoms with van der Waals surface area (Å²) in [5.74, 6) is 1.97. The van der Waals surface area contributed by atoms with Gasteiger partial charge in [0.1, 0.15) is 11.6 Å². The largest absolute Gasteiger partial charge is 0.496 e. The molecular weight excluding hydrogens is 374 g/mol. The van der Waals surface area contributed by atoms with Crippen LogP contribution in [-0.2, 0) is 17.8 Å². The predicted octanol–water partition coefficient (Wildman–Crippen LogP) is 3.79. The van der Waals surface area contributed by atoms with Crippen LogP contribution in [0.5, 0.6) is 5.75 Å². The number of methoxy groups -OCH3 is 1. The molecule has 6 heteroatoms. The van der Waals surface area contributed by atoms with Crippen LogP contribution in [0.3, 0.4) is 0 Å². The van der Waals surface area contributed by atoms with Crippen molar-refractivity contribution >= 4 is 29.1 Å². The minimum Gasteiger partial charge on any atom is -0.496 e. The second-order valence-corrected chi connectivity index (χ2v) is 6.68. The topological polar surface area (TPSA) is 46.6 Å². The van der Waals surface area contributed by atoms with Crippen molar-refractivity contribution in [3.8, 4) is 5.75 Å². The molecule has 0 aliphatic carbocycles. The number of fused-ring (bicyclic) bond motifs is 1. The molecule has 2 heterocycles. The molecule has 0 amide bonds. The third kappa shape index (κ3) is 4.55. The Morgan fingerprint density at radius 1 is 1.00 bits per heavy atom. The quantitative estimate of drug-likeness (QED) is 0.683. The summed E-state index contributed by atoms with van der Waals surface area (Å²) in [6, 6.07) is 18.7. The number of halogens is 1. The molecule has 148 valence electrons. The SMILES string of the molecule is COc1ccccc1CNCc1cc2ccccc2nc1N1CCOCC1.Cl. The number of hydrogen-bond acceptors (Lipinski definition) is 5. The molecule has 1 aliphatic rings. The lowest BCUT2D eigenvalue weighted by Gasteiger charge is -2.30. The second-order valence-electron chi connectivity index (χ2n) is 6.68. The Kier molecular flexibility index (Phi) is 7.09. The molecule has 1 N–H and O–H groups in total. The zero-order valence-electron chi connectivity index (χ0n) is 16.1. The highest BCUT2D eigenvalue weighted by molar-refractivity contribution is 5.85. The second kappa shape index (κ2) is 9.73. The molecule has 1 aromatic heterocycles. The molecule has 0 spiro atoms. The van der Waals surface area contributed by atoms with Crippen LogP contribution in [0, 0.1) is 0 Å². The Labute approximate surface area is 172 Å². The molecule has 0 unspecified atom stereocenters. The monoisotopic (exact) mass is 399 g/mol. The van der Waals surface area contributed by atoms with Crippen LogP contribution in [0.25, 0.3) is 10.9 Å². The first-order valence-corrected chi connectivity index (χ1v) is 9.39. The Bertz CT molecular complexity index is 913. The normalized spacial score (nSPS) is 14.0. The van der Waals surface area contributed by atoms with Crippen LogP contribution in [0.4, 0.5) is 5.82 Å². The number of hydrogen-bond donors (Lipinski definition) is 1. The minimum absolute atomic E-state index is 0. The lowest BCUT2D eigenvalue weighted by Crippen LogP contribution is -2.37. The molecule has 0 bridgehead atoms. The maximum Gasteiger partial charge on any atom is 0.133 e. The van der Waals surface area contributed by atoms with Crippen molar-refractivity contribution in [3.63, 3.8) is 0 Å². The fourth-order valence-electron chi connectivity index (χ4n) is 3.51. The molecule has 1 aliphatic heterocycles. The summed E-state index contributed by atoms with van der Waals surface area (Å²) < 4.78 is 11.0. The van der Waals surface area contributed by atoms with Gasteiger partial charge in [0.2, 0.25) is 0 Å². The van der Waals surface area contributed by atoms with Gasteiger partial charge in [-0.15, -0.1) is 12.4 Å². The summed E-state index contributed by atoms with van der Waals surface area (Å²) >= 11 is 0. The van der Waals surface area contributed by atoms with Gasteiger partial charge in [-0.1, -0.05) is 36.4 Å². The Balaban J connectivity index is 0.00000225. The zero-order valence-corrected chi connectivity index (χ0v) is 16.9. The van der Waals surface area contributed by atoms with Crippen molar-refractivity contribution in [2.45, 2.75) is 13.1 Å². The van der Waals surface area contributed by atoms with E-state index >= 15 is 0 Å². The number of pyridine rings is 1. The van der Waals surface area contributed by atoms with E-state index in [1.807, 2.05) is 24.3 Å². The highest BCUT2D eigenvalue weighted by Gasteiger charge is 2.17. The van der Waals surface area contributed by atoms with E-state index in [2.05, 4.69) is 40.5 Å². The number of nitrogens with zero attached hydrogens (tertiary/aromatic N) is 2. The van der Waals surface area contributed by atoms with Crippen LogP contribution in [0.15, 0.2) is 54.6 Å². The first kappa shape index (κ1) is 20.4. The molecule has 1 fully saturated rings. The number of aromatic nitrogens is 1. The Morgan fingerprint density at radius 2 is 1.71 bits per heavy atom. The van der Waals surface area contributed by atoms with E-state index < -0.39 is 0 Å². The number of benzene rings is 2. The molecular formula is C22H26ClN3O2. The summed E-state index contributed by atoms with van der Waals surface area (Å²) in [6.45, 7) is 4.77. The van der Waals surface area contributed by atoms with Crippen LogP contribution >= 0.6 is 12.4 Å². The highest BCUT2D eigenvalue weighted by atomic mass is 35.5. The molecule has 3 aromatic rings. The molecule has 4 rings (SSSR count). The molecule has 5 nitrogen and oxygen atoms in total. The summed E-state index contributed by atoms with van der Waals surface area (Å²) in [5.41, 5.74) is 3.40. The van der Waals surface area contributed by atoms with Crippen molar-refractivity contribution in [1.82, 2.24) is 10.3 Å². The van der Waals surface area contributed by atoms with Crippen molar-refractivity contribution < 1.29 is 9.47 Å². The summed E-state index contributed by atoms with van der Waals surface area (Å²) in [7, 11) is 1.71. The van der Waals surface area contributed by atoms with Gasteiger partial charge in [0, 0.05) is 42.7 Å². The predicted molar refractivity (Wildman–Crippen MR) is 116 cm³/mol. The van der Waals surface area contributed by atoms with Gasteiger partial charge in [0.05, 0.1) is 25.8 Å². The minimum atomic E-state index is 0. The van der Waals surface area contributed by atoms with E-state index in [-0.39, 0.29) is 12.4 Å². The fourth-order valence-corrected chi connectivity index (χ4v) is 3.51. The smallest absolute Gasteiger partial charge is 0.133 e. The highest BCUT2D eigenvalue weighted by Crippen LogP contribution is 2.25. The van der Waals surface area contributed by atoms with Gasteiger partial charge in [0.15, 0.2) is 0 Å². The molecule has 0 atom stereocenters. The number of rotatable bonds is 6. The van der Waals surface area contributed by atoms with Gasteiger partial charge < -0.3 is 19.7 Å². The van der Waals surface area contributed by atoms with Crippen LogP contribution in [0.1, 0.15) is 11.1 Å². The zero-order chi connectivity index (χ0) is 18.5. The van der Waals surface area contributed by atoms with Crippen LogP contribution in [0.2, 0.25) is 0 Å². The third-order valence-corrected chi connectivity index (χ3v) is 4.91. The summed E-state index contributed by atoms with van der Waals surface area (Å²) in [6.07, 6.45) is 0. The lowest BCUT2D eigenvalue weighted by atomic mass is 10.1. The van der Waals surface area contributed by atoms with Gasteiger partial charge in [-0.25, -0.2) is 4.98 Å². The molecule has 28 heavy (non-hydrogen) atoms. The van der Waals surface area contributed by atoms with E-state index in [0.29, 0.717) is 0 Å². The number of para-hydroxylation sites is 2. The average Bonchev–Trinajstić information content (AvgIpc) is 2.74. The van der Waals surface area contributed by atoms with E-state index in [1.54, 1.807) is 7.11 Å². The first-order chi connectivity index (χ1) is 13.3. The number of morpholine rings is 1. The summed E-state index contributed by atoms with van der Waals surface area (Å²) in [5, 5.41) is 4.73. The number of anilines is 1. The standard InChI is InChI=1S/C22H25N3O2.ClH/c1-26-21-9-5-3-7-18(21)15-23-16-19-14-17-6-2-4-8-20(17)24-22(19)25-10-12-27-13-11-25;/h2-9,14,23H,10-13,15-16H2,1H3;1H. The van der Waals surface area contributed by atoms with E-state index in [1.165, 1.54) is 10.9 Å². The van der Waals surface area contributed by atoms with Crippen molar-refractivity contribution in [2.24, 2.45) is 0 Å². The Hall–Kier alpha value is -2.34. The molecule has 2 aromatic carbocycles. The third-order valence-electron chi connectivity index (χ3n) is 4.91. The van der Waals surface area contributed by atoms with Gasteiger partial charge in [0.25, 0.3) is 0 Å². The maximum absolute atomic E-state index is 5.51. The van der Waals surface area contributed by atoms with Crippen molar-refractivity contribution in [1.29, 1.82) is 0 Å². The van der Waals surface area contributed by atoms with E-state index in [0.717, 1.165) is 62.0 Å². The lowest BCUT2D eigenvalue weighted by molar-refractivity contribution is 0.122.